The topological polar surface area (TPSA) is 42.4 Å². The maximum Gasteiger partial charge on any atom is 0.416 e. The molecule has 0 amide bonds. The van der Waals surface area contributed by atoms with E-state index in [1.807, 2.05) is 0 Å². The highest BCUT2D eigenvalue weighted by Crippen LogP contribution is 2.58. The minimum absolute atomic E-state index is 0.0320. The first-order valence-electron chi connectivity index (χ1n) is 13.2. The predicted octanol–water partition coefficient (Wildman–Crippen LogP) is 7.65. The Bertz CT molecular complexity index is 1130. The van der Waals surface area contributed by atoms with Crippen LogP contribution < -0.4 is 0 Å². The first kappa shape index (κ1) is 23.5. The van der Waals surface area contributed by atoms with Gasteiger partial charge >= 0.3 is 6.18 Å². The number of nitrogens with zero attached hydrogens (tertiary/aromatic N) is 1. The number of hydrogen-bond donors (Lipinski definition) is 1. The highest BCUT2D eigenvalue weighted by atomic mass is 19.4. The van der Waals surface area contributed by atoms with Gasteiger partial charge in [-0.2, -0.15) is 13.2 Å². The van der Waals surface area contributed by atoms with Gasteiger partial charge in [-0.3, -0.25) is 4.98 Å². The summed E-state index contributed by atoms with van der Waals surface area (Å²) in [5.41, 5.74) is 4.86. The van der Waals surface area contributed by atoms with Crippen molar-refractivity contribution in [2.24, 2.45) is 5.41 Å². The fraction of sp³-hybridized carbons (Fsp3) is 0.621. The van der Waals surface area contributed by atoms with Crippen LogP contribution in [0.1, 0.15) is 129 Å². The molecule has 1 spiro atoms. The highest BCUT2D eigenvalue weighted by molar-refractivity contribution is 5.53. The average molecular weight is 486 g/mol. The standard InChI is InChI=1S/C29H34F3NO2/c1-27(2)15-20-23(21(34)16-27)22(17-7-3-4-8-17)24-25(18-9-11-19(12-10-18)29(30,31)32)35-28(26(24)33-20)13-5-6-14-28/h9-12,17,21,25,34H,3-8,13-16H2,1-2H3/t21-,25+/m0/s1. The number of alkyl halides is 3. The molecule has 0 radical (unpaired) electrons. The summed E-state index contributed by atoms with van der Waals surface area (Å²) in [6.07, 6.45) is 4.50. The van der Waals surface area contributed by atoms with Crippen molar-refractivity contribution in [1.82, 2.24) is 4.98 Å². The van der Waals surface area contributed by atoms with E-state index in [2.05, 4.69) is 13.8 Å². The van der Waals surface area contributed by atoms with E-state index in [-0.39, 0.29) is 5.41 Å². The lowest BCUT2D eigenvalue weighted by molar-refractivity contribution is -0.137. The Hall–Kier alpha value is -1.92. The molecule has 1 aromatic carbocycles. The SMILES string of the molecule is CC1(C)Cc2nc3c(c(C4CCCC4)c2[C@@H](O)C1)[C@@H](c1ccc(C(F)(F)F)cc1)OC31CCCC1. The summed E-state index contributed by atoms with van der Waals surface area (Å²) in [6, 6.07) is 5.47. The summed E-state index contributed by atoms with van der Waals surface area (Å²) in [4.78, 5) is 5.27. The van der Waals surface area contributed by atoms with E-state index in [1.165, 1.54) is 5.56 Å². The monoisotopic (exact) mass is 485 g/mol. The molecule has 3 nitrogen and oxygen atoms in total. The minimum atomic E-state index is -4.37. The van der Waals surface area contributed by atoms with E-state index >= 15 is 0 Å². The van der Waals surface area contributed by atoms with E-state index in [1.54, 1.807) is 12.1 Å². The van der Waals surface area contributed by atoms with Gasteiger partial charge in [0.25, 0.3) is 0 Å². The van der Waals surface area contributed by atoms with E-state index in [9.17, 15) is 18.3 Å². The van der Waals surface area contributed by atoms with Gasteiger partial charge in [0, 0.05) is 16.8 Å². The second kappa shape index (κ2) is 8.04. The Labute approximate surface area is 205 Å². The molecule has 1 aromatic heterocycles. The molecule has 6 heteroatoms. The van der Waals surface area contributed by atoms with Gasteiger partial charge in [-0.05, 0) is 73.1 Å². The van der Waals surface area contributed by atoms with Gasteiger partial charge in [0.1, 0.15) is 11.7 Å². The second-order valence-corrected chi connectivity index (χ2v) is 12.0. The van der Waals surface area contributed by atoms with Gasteiger partial charge in [-0.15, -0.1) is 0 Å². The van der Waals surface area contributed by atoms with Crippen molar-refractivity contribution in [2.75, 3.05) is 0 Å². The van der Waals surface area contributed by atoms with Crippen LogP contribution in [0.3, 0.4) is 0 Å². The molecule has 1 N–H and O–H groups in total. The normalized spacial score (nSPS) is 27.4. The minimum Gasteiger partial charge on any atom is -0.388 e. The van der Waals surface area contributed by atoms with Gasteiger partial charge in [-0.1, -0.05) is 51.7 Å². The molecule has 1 aliphatic heterocycles. The van der Waals surface area contributed by atoms with Crippen molar-refractivity contribution in [2.45, 2.75) is 108 Å². The molecule has 0 unspecified atom stereocenters. The number of fused-ring (bicyclic) bond motifs is 3. The molecule has 4 aliphatic rings. The maximum atomic E-state index is 13.3. The molecule has 2 aromatic rings. The Balaban J connectivity index is 1.57. The van der Waals surface area contributed by atoms with Crippen LogP contribution in [-0.4, -0.2) is 10.1 Å². The van der Waals surface area contributed by atoms with Crippen molar-refractivity contribution in [3.8, 4) is 0 Å². The van der Waals surface area contributed by atoms with Crippen LogP contribution in [0.5, 0.6) is 0 Å². The Morgan fingerprint density at radius 2 is 1.60 bits per heavy atom. The number of aromatic nitrogens is 1. The summed E-state index contributed by atoms with van der Waals surface area (Å²) in [7, 11) is 0. The lowest BCUT2D eigenvalue weighted by Crippen LogP contribution is -2.30. The lowest BCUT2D eigenvalue weighted by Gasteiger charge is -2.37. The number of ether oxygens (including phenoxy) is 1. The van der Waals surface area contributed by atoms with Crippen LogP contribution in [0.15, 0.2) is 24.3 Å². The number of hydrogen-bond acceptors (Lipinski definition) is 3. The molecule has 35 heavy (non-hydrogen) atoms. The molecule has 2 atom stereocenters. The summed E-state index contributed by atoms with van der Waals surface area (Å²) in [5, 5.41) is 11.4. The average Bonchev–Trinajstić information content (AvgIpc) is 3.53. The third-order valence-corrected chi connectivity index (χ3v) is 8.87. The van der Waals surface area contributed by atoms with Crippen LogP contribution in [0.2, 0.25) is 0 Å². The smallest absolute Gasteiger partial charge is 0.388 e. The lowest BCUT2D eigenvalue weighted by atomic mass is 9.70. The molecular formula is C29H34F3NO2. The van der Waals surface area contributed by atoms with Crippen molar-refractivity contribution in [3.63, 3.8) is 0 Å². The molecule has 2 fully saturated rings. The molecule has 6 rings (SSSR count). The fourth-order valence-electron chi connectivity index (χ4n) is 7.33. The first-order valence-corrected chi connectivity index (χ1v) is 13.2. The first-order chi connectivity index (χ1) is 16.6. The van der Waals surface area contributed by atoms with Crippen LogP contribution >= 0.6 is 0 Å². The number of benzene rings is 1. The van der Waals surface area contributed by atoms with Crippen LogP contribution in [0.25, 0.3) is 0 Å². The van der Waals surface area contributed by atoms with E-state index in [4.69, 9.17) is 9.72 Å². The quantitative estimate of drug-likeness (QED) is 0.475. The maximum absolute atomic E-state index is 13.3. The summed E-state index contributed by atoms with van der Waals surface area (Å²) in [6.45, 7) is 4.38. The van der Waals surface area contributed by atoms with E-state index in [0.29, 0.717) is 12.3 Å². The fourth-order valence-corrected chi connectivity index (χ4v) is 7.33. The van der Waals surface area contributed by atoms with Gasteiger partial charge in [0.15, 0.2) is 0 Å². The van der Waals surface area contributed by atoms with E-state index in [0.717, 1.165) is 98.0 Å². The van der Waals surface area contributed by atoms with Crippen molar-refractivity contribution < 1.29 is 23.0 Å². The van der Waals surface area contributed by atoms with Crippen molar-refractivity contribution >= 4 is 0 Å². The highest BCUT2D eigenvalue weighted by Gasteiger charge is 2.52. The molecule has 3 aliphatic carbocycles. The third-order valence-electron chi connectivity index (χ3n) is 8.87. The Morgan fingerprint density at radius 1 is 0.943 bits per heavy atom. The second-order valence-electron chi connectivity index (χ2n) is 12.0. The number of aliphatic hydroxyl groups is 1. The van der Waals surface area contributed by atoms with Crippen molar-refractivity contribution in [3.05, 3.63) is 63.5 Å². The largest absolute Gasteiger partial charge is 0.416 e. The third kappa shape index (κ3) is 3.83. The van der Waals surface area contributed by atoms with Crippen LogP contribution in [-0.2, 0) is 22.9 Å². The Kier molecular flexibility index (Phi) is 5.39. The Morgan fingerprint density at radius 3 is 2.23 bits per heavy atom. The zero-order valence-electron chi connectivity index (χ0n) is 20.5. The number of pyridine rings is 1. The summed E-state index contributed by atoms with van der Waals surface area (Å²) in [5.74, 6) is 0.341. The van der Waals surface area contributed by atoms with Gasteiger partial charge in [-0.25, -0.2) is 0 Å². The molecule has 2 heterocycles. The molecule has 0 saturated heterocycles. The van der Waals surface area contributed by atoms with Gasteiger partial charge in [0.05, 0.1) is 17.4 Å². The number of halogens is 3. The summed E-state index contributed by atoms with van der Waals surface area (Å²) < 4.78 is 46.7. The zero-order chi connectivity index (χ0) is 24.6. The van der Waals surface area contributed by atoms with E-state index < -0.39 is 29.5 Å². The number of aliphatic hydroxyl groups excluding tert-OH is 1. The van der Waals surface area contributed by atoms with Gasteiger partial charge in [0.2, 0.25) is 0 Å². The molecule has 0 bridgehead atoms. The molecular weight excluding hydrogens is 451 g/mol. The van der Waals surface area contributed by atoms with Gasteiger partial charge < -0.3 is 9.84 Å². The zero-order valence-corrected chi connectivity index (χ0v) is 20.5. The number of rotatable bonds is 2. The molecule has 188 valence electrons. The van der Waals surface area contributed by atoms with Crippen molar-refractivity contribution in [1.29, 1.82) is 0 Å². The predicted molar refractivity (Wildman–Crippen MR) is 127 cm³/mol. The van der Waals surface area contributed by atoms with Crippen LogP contribution in [0, 0.1) is 5.41 Å². The molecule has 2 saturated carbocycles. The summed E-state index contributed by atoms with van der Waals surface area (Å²) >= 11 is 0. The van der Waals surface area contributed by atoms with Crippen LogP contribution in [0.4, 0.5) is 13.2 Å².